The Morgan fingerprint density at radius 2 is 2.15 bits per heavy atom. The number of benzene rings is 1. The van der Waals surface area contributed by atoms with E-state index in [1.165, 1.54) is 24.5 Å². The van der Waals surface area contributed by atoms with Gasteiger partial charge in [0.25, 0.3) is 0 Å². The first kappa shape index (κ1) is 14.4. The number of halogens is 3. The van der Waals surface area contributed by atoms with Crippen molar-refractivity contribution < 1.29 is 17.9 Å². The van der Waals surface area contributed by atoms with Crippen molar-refractivity contribution in [1.82, 2.24) is 9.55 Å². The van der Waals surface area contributed by atoms with Gasteiger partial charge in [0.15, 0.2) is 0 Å². The summed E-state index contributed by atoms with van der Waals surface area (Å²) < 4.78 is 42.2. The number of aromatic nitrogens is 2. The minimum atomic E-state index is -4.71. The highest BCUT2D eigenvalue weighted by atomic mass is 19.4. The SMILES string of the molecule is CC[C@@H](N)c1cncn1-c1cccc(OC(F)(F)F)c1. The van der Waals surface area contributed by atoms with E-state index >= 15 is 0 Å². The summed E-state index contributed by atoms with van der Waals surface area (Å²) in [6.07, 6.45) is -0.899. The van der Waals surface area contributed by atoms with Crippen LogP contribution in [-0.4, -0.2) is 15.9 Å². The summed E-state index contributed by atoms with van der Waals surface area (Å²) in [6, 6.07) is 5.45. The second-order valence-electron chi connectivity index (χ2n) is 4.25. The van der Waals surface area contributed by atoms with Gasteiger partial charge in [-0.25, -0.2) is 4.98 Å². The Morgan fingerprint density at radius 3 is 2.80 bits per heavy atom. The molecule has 0 radical (unpaired) electrons. The van der Waals surface area contributed by atoms with Crippen LogP contribution in [0.15, 0.2) is 36.8 Å². The van der Waals surface area contributed by atoms with E-state index < -0.39 is 6.36 Å². The molecule has 0 bridgehead atoms. The number of nitrogens with two attached hydrogens (primary N) is 1. The molecule has 0 saturated heterocycles. The number of nitrogens with zero attached hydrogens (tertiary/aromatic N) is 2. The standard InChI is InChI=1S/C13H14F3N3O/c1-2-11(17)12-7-18-8-19(12)9-4-3-5-10(6-9)20-13(14,15)16/h3-8,11H,2,17H2,1H3/t11-/m1/s1. The van der Waals surface area contributed by atoms with Crippen LogP contribution >= 0.6 is 0 Å². The summed E-state index contributed by atoms with van der Waals surface area (Å²) in [6.45, 7) is 1.92. The van der Waals surface area contributed by atoms with Crippen LogP contribution in [0.4, 0.5) is 13.2 Å². The normalized spacial score (nSPS) is 13.2. The average Bonchev–Trinajstić information content (AvgIpc) is 2.85. The van der Waals surface area contributed by atoms with Gasteiger partial charge in [-0.1, -0.05) is 13.0 Å². The lowest BCUT2D eigenvalue weighted by atomic mass is 10.2. The molecule has 1 aromatic carbocycles. The fourth-order valence-corrected chi connectivity index (χ4v) is 1.83. The molecule has 1 heterocycles. The van der Waals surface area contributed by atoms with Crippen LogP contribution < -0.4 is 10.5 Å². The van der Waals surface area contributed by atoms with Gasteiger partial charge in [0.05, 0.1) is 23.9 Å². The van der Waals surface area contributed by atoms with Crippen LogP contribution in [-0.2, 0) is 0 Å². The Bertz CT molecular complexity index is 580. The third-order valence-corrected chi connectivity index (χ3v) is 2.82. The predicted octanol–water partition coefficient (Wildman–Crippen LogP) is 3.18. The molecule has 20 heavy (non-hydrogen) atoms. The minimum absolute atomic E-state index is 0.232. The van der Waals surface area contributed by atoms with E-state index in [9.17, 15) is 13.2 Å². The second kappa shape index (κ2) is 5.54. The number of imidazole rings is 1. The van der Waals surface area contributed by atoms with Gasteiger partial charge in [-0.05, 0) is 18.6 Å². The highest BCUT2D eigenvalue weighted by Gasteiger charge is 2.31. The van der Waals surface area contributed by atoms with Crippen LogP contribution in [0.3, 0.4) is 0 Å². The number of rotatable bonds is 4. The zero-order valence-corrected chi connectivity index (χ0v) is 10.8. The first-order valence-electron chi connectivity index (χ1n) is 6.04. The van der Waals surface area contributed by atoms with Crippen molar-refractivity contribution in [3.05, 3.63) is 42.5 Å². The molecule has 1 atom stereocenters. The first-order valence-corrected chi connectivity index (χ1v) is 6.04. The molecule has 0 unspecified atom stereocenters. The van der Waals surface area contributed by atoms with Gasteiger partial charge in [0.2, 0.25) is 0 Å². The molecule has 0 fully saturated rings. The van der Waals surface area contributed by atoms with E-state index in [1.807, 2.05) is 6.92 Å². The van der Waals surface area contributed by atoms with Crippen molar-refractivity contribution in [2.24, 2.45) is 5.73 Å². The zero-order chi connectivity index (χ0) is 14.8. The monoisotopic (exact) mass is 285 g/mol. The zero-order valence-electron chi connectivity index (χ0n) is 10.8. The number of ether oxygens (including phenoxy) is 1. The van der Waals surface area contributed by atoms with E-state index in [2.05, 4.69) is 9.72 Å². The van der Waals surface area contributed by atoms with Crippen LogP contribution in [0.2, 0.25) is 0 Å². The molecule has 2 rings (SSSR count). The maximum Gasteiger partial charge on any atom is 0.573 e. The summed E-state index contributed by atoms with van der Waals surface area (Å²) in [5.41, 5.74) is 7.19. The summed E-state index contributed by atoms with van der Waals surface area (Å²) in [4.78, 5) is 3.99. The molecule has 4 nitrogen and oxygen atoms in total. The van der Waals surface area contributed by atoms with Crippen LogP contribution in [0, 0.1) is 0 Å². The Kier molecular flexibility index (Phi) is 3.99. The number of hydrogen-bond acceptors (Lipinski definition) is 3. The molecule has 1 aromatic heterocycles. The minimum Gasteiger partial charge on any atom is -0.406 e. The van der Waals surface area contributed by atoms with Crippen LogP contribution in [0.5, 0.6) is 5.75 Å². The van der Waals surface area contributed by atoms with E-state index in [-0.39, 0.29) is 11.8 Å². The smallest absolute Gasteiger partial charge is 0.406 e. The Morgan fingerprint density at radius 1 is 1.40 bits per heavy atom. The summed E-state index contributed by atoms with van der Waals surface area (Å²) in [5, 5.41) is 0. The van der Waals surface area contributed by atoms with Crippen molar-refractivity contribution in [2.75, 3.05) is 0 Å². The highest BCUT2D eigenvalue weighted by molar-refractivity contribution is 5.40. The van der Waals surface area contributed by atoms with Gasteiger partial charge < -0.3 is 15.0 Å². The van der Waals surface area contributed by atoms with Crippen molar-refractivity contribution in [3.63, 3.8) is 0 Å². The molecule has 0 aliphatic carbocycles. The fourth-order valence-electron chi connectivity index (χ4n) is 1.83. The summed E-state index contributed by atoms with van der Waals surface area (Å²) >= 11 is 0. The maximum absolute atomic E-state index is 12.2. The highest BCUT2D eigenvalue weighted by Crippen LogP contribution is 2.26. The van der Waals surface area contributed by atoms with Crippen molar-refractivity contribution in [2.45, 2.75) is 25.7 Å². The first-order chi connectivity index (χ1) is 9.40. The summed E-state index contributed by atoms with van der Waals surface area (Å²) in [7, 11) is 0. The van der Waals surface area contributed by atoms with Gasteiger partial charge in [-0.15, -0.1) is 13.2 Å². The van der Waals surface area contributed by atoms with Crippen molar-refractivity contribution in [1.29, 1.82) is 0 Å². The van der Waals surface area contributed by atoms with Crippen LogP contribution in [0.25, 0.3) is 5.69 Å². The maximum atomic E-state index is 12.2. The Hall–Kier alpha value is -2.02. The fraction of sp³-hybridized carbons (Fsp3) is 0.308. The Balaban J connectivity index is 2.34. The molecular weight excluding hydrogens is 271 g/mol. The lowest BCUT2D eigenvalue weighted by Gasteiger charge is -2.14. The van der Waals surface area contributed by atoms with Gasteiger partial charge in [0, 0.05) is 12.1 Å². The lowest BCUT2D eigenvalue weighted by Crippen LogP contribution is -2.17. The molecule has 0 aliphatic rings. The molecule has 2 N–H and O–H groups in total. The molecule has 0 amide bonds. The van der Waals surface area contributed by atoms with Gasteiger partial charge in [0.1, 0.15) is 5.75 Å². The topological polar surface area (TPSA) is 53.1 Å². The molecule has 0 spiro atoms. The van der Waals surface area contributed by atoms with Crippen molar-refractivity contribution in [3.8, 4) is 11.4 Å². The van der Waals surface area contributed by atoms with E-state index in [0.29, 0.717) is 12.1 Å². The molecular formula is C13H14F3N3O. The molecule has 7 heteroatoms. The number of alkyl halides is 3. The molecule has 108 valence electrons. The van der Waals surface area contributed by atoms with Crippen molar-refractivity contribution >= 4 is 0 Å². The van der Waals surface area contributed by atoms with E-state index in [0.717, 1.165) is 5.69 Å². The second-order valence-corrected chi connectivity index (χ2v) is 4.25. The molecule has 0 aliphatic heterocycles. The summed E-state index contributed by atoms with van der Waals surface area (Å²) in [5.74, 6) is -0.278. The molecule has 0 saturated carbocycles. The molecule has 2 aromatic rings. The quantitative estimate of drug-likeness (QED) is 0.938. The van der Waals surface area contributed by atoms with Gasteiger partial charge in [-0.2, -0.15) is 0 Å². The average molecular weight is 285 g/mol. The Labute approximate surface area is 114 Å². The lowest BCUT2D eigenvalue weighted by molar-refractivity contribution is -0.274. The van der Waals surface area contributed by atoms with E-state index in [1.54, 1.807) is 16.8 Å². The third-order valence-electron chi connectivity index (χ3n) is 2.82. The largest absolute Gasteiger partial charge is 0.573 e. The van der Waals surface area contributed by atoms with E-state index in [4.69, 9.17) is 5.73 Å². The van der Waals surface area contributed by atoms with Gasteiger partial charge >= 0.3 is 6.36 Å². The number of hydrogen-bond donors (Lipinski definition) is 1. The van der Waals surface area contributed by atoms with Crippen LogP contribution in [0.1, 0.15) is 25.1 Å². The third kappa shape index (κ3) is 3.30. The predicted molar refractivity (Wildman–Crippen MR) is 67.5 cm³/mol. The van der Waals surface area contributed by atoms with Gasteiger partial charge in [-0.3, -0.25) is 0 Å².